The van der Waals surface area contributed by atoms with Gasteiger partial charge in [-0.15, -0.1) is 0 Å². The van der Waals surface area contributed by atoms with Crippen LogP contribution in [0.4, 0.5) is 10.5 Å². The second-order valence-corrected chi connectivity index (χ2v) is 5.88. The predicted molar refractivity (Wildman–Crippen MR) is 94.3 cm³/mol. The minimum Gasteiger partial charge on any atom is -0.336 e. The number of urea groups is 1. The van der Waals surface area contributed by atoms with Gasteiger partial charge in [0.15, 0.2) is 0 Å². The molecule has 2 aromatic heterocycles. The van der Waals surface area contributed by atoms with E-state index in [4.69, 9.17) is 11.6 Å². The normalized spacial score (nSPS) is 10.9. The van der Waals surface area contributed by atoms with Gasteiger partial charge in [-0.1, -0.05) is 18.5 Å². The summed E-state index contributed by atoms with van der Waals surface area (Å²) in [5, 5.41) is 10.2. The van der Waals surface area contributed by atoms with Crippen LogP contribution in [0.25, 0.3) is 11.0 Å². The number of nitrogens with one attached hydrogen (secondary N) is 2. The van der Waals surface area contributed by atoms with E-state index in [9.17, 15) is 4.79 Å². The van der Waals surface area contributed by atoms with Crippen LogP contribution in [-0.2, 0) is 13.1 Å². The fraction of sp³-hybridized carbons (Fsp3) is 0.312. The van der Waals surface area contributed by atoms with E-state index in [2.05, 4.69) is 32.2 Å². The summed E-state index contributed by atoms with van der Waals surface area (Å²) in [7, 11) is 0. The molecule has 2 N–H and O–H groups in total. The summed E-state index contributed by atoms with van der Waals surface area (Å²) in [6.45, 7) is 4.07. The lowest BCUT2D eigenvalue weighted by molar-refractivity contribution is 0.251. The monoisotopic (exact) mass is 346 g/mol. The summed E-state index contributed by atoms with van der Waals surface area (Å²) < 4.78 is 3.78. The molecule has 2 heterocycles. The van der Waals surface area contributed by atoms with Crippen molar-refractivity contribution in [2.75, 3.05) is 11.9 Å². The number of nitrogens with zero attached hydrogens (tertiary/aromatic N) is 4. The minimum absolute atomic E-state index is 0.263. The van der Waals surface area contributed by atoms with Crippen LogP contribution in [0.3, 0.4) is 0 Å². The van der Waals surface area contributed by atoms with Crippen LogP contribution in [0.1, 0.15) is 13.3 Å². The van der Waals surface area contributed by atoms with Crippen molar-refractivity contribution in [3.05, 3.63) is 41.9 Å². The Labute approximate surface area is 144 Å². The Bertz CT molecular complexity index is 840. The van der Waals surface area contributed by atoms with Crippen molar-refractivity contribution in [2.24, 2.45) is 0 Å². The lowest BCUT2D eigenvalue weighted by atomic mass is 10.2. The Balaban J connectivity index is 1.55. The smallest absolute Gasteiger partial charge is 0.319 e. The standard InChI is InChI=1S/C16H19ClN6O/c1-2-6-22-11-19-14-8-13(3-4-15(14)22)21-16(24)18-5-7-23-10-12(17)9-20-23/h3-4,8-11H,2,5-7H2,1H3,(H2,18,21,24). The van der Waals surface area contributed by atoms with Crippen LogP contribution in [0.2, 0.25) is 5.02 Å². The maximum absolute atomic E-state index is 11.9. The molecule has 0 saturated carbocycles. The first-order chi connectivity index (χ1) is 11.7. The number of anilines is 1. The average Bonchev–Trinajstić information content (AvgIpc) is 3.14. The second-order valence-electron chi connectivity index (χ2n) is 5.44. The quantitative estimate of drug-likeness (QED) is 0.720. The van der Waals surface area contributed by atoms with Crippen molar-refractivity contribution < 1.29 is 4.79 Å². The molecule has 24 heavy (non-hydrogen) atoms. The number of fused-ring (bicyclic) bond motifs is 1. The molecular formula is C16H19ClN6O. The van der Waals surface area contributed by atoms with Gasteiger partial charge in [0.25, 0.3) is 0 Å². The molecule has 0 aliphatic heterocycles. The number of aryl methyl sites for hydroxylation is 1. The van der Waals surface area contributed by atoms with Crippen LogP contribution in [0, 0.1) is 0 Å². The van der Waals surface area contributed by atoms with E-state index >= 15 is 0 Å². The minimum atomic E-state index is -0.263. The summed E-state index contributed by atoms with van der Waals surface area (Å²) in [6.07, 6.45) is 6.15. The van der Waals surface area contributed by atoms with Crippen LogP contribution in [0.15, 0.2) is 36.9 Å². The molecular weight excluding hydrogens is 328 g/mol. The maximum atomic E-state index is 11.9. The lowest BCUT2D eigenvalue weighted by Crippen LogP contribution is -2.31. The van der Waals surface area contributed by atoms with Crippen molar-refractivity contribution >= 4 is 34.4 Å². The SMILES string of the molecule is CCCn1cnc2cc(NC(=O)NCCn3cc(Cl)cn3)ccc21. The Morgan fingerprint density at radius 3 is 2.96 bits per heavy atom. The third-order valence-electron chi connectivity index (χ3n) is 3.57. The van der Waals surface area contributed by atoms with E-state index < -0.39 is 0 Å². The summed E-state index contributed by atoms with van der Waals surface area (Å²) in [5.41, 5.74) is 2.65. The zero-order valence-electron chi connectivity index (χ0n) is 13.4. The van der Waals surface area contributed by atoms with E-state index in [1.807, 2.05) is 24.5 Å². The Morgan fingerprint density at radius 1 is 1.33 bits per heavy atom. The van der Waals surface area contributed by atoms with Gasteiger partial charge < -0.3 is 15.2 Å². The van der Waals surface area contributed by atoms with Gasteiger partial charge in [-0.25, -0.2) is 9.78 Å². The number of carbonyl (C=O) groups excluding carboxylic acids is 1. The molecule has 0 aliphatic carbocycles. The van der Waals surface area contributed by atoms with Crippen LogP contribution >= 0.6 is 11.6 Å². The van der Waals surface area contributed by atoms with E-state index in [0.29, 0.717) is 23.8 Å². The summed E-state index contributed by atoms with van der Waals surface area (Å²) in [5.74, 6) is 0. The molecule has 7 nitrogen and oxygen atoms in total. The number of halogens is 1. The number of amides is 2. The zero-order chi connectivity index (χ0) is 16.9. The molecule has 0 fully saturated rings. The molecule has 0 aliphatic rings. The molecule has 0 saturated heterocycles. The molecule has 3 aromatic rings. The molecule has 0 unspecified atom stereocenters. The maximum Gasteiger partial charge on any atom is 0.319 e. The van der Waals surface area contributed by atoms with Crippen molar-refractivity contribution in [1.82, 2.24) is 24.6 Å². The van der Waals surface area contributed by atoms with Gasteiger partial charge in [-0.05, 0) is 24.6 Å². The number of benzene rings is 1. The van der Waals surface area contributed by atoms with Crippen molar-refractivity contribution in [2.45, 2.75) is 26.4 Å². The highest BCUT2D eigenvalue weighted by Gasteiger charge is 2.06. The first-order valence-corrected chi connectivity index (χ1v) is 8.21. The number of carbonyl (C=O) groups is 1. The van der Waals surface area contributed by atoms with Crippen molar-refractivity contribution in [3.63, 3.8) is 0 Å². The molecule has 1 aromatic carbocycles. The fourth-order valence-electron chi connectivity index (χ4n) is 2.48. The van der Waals surface area contributed by atoms with Crippen LogP contribution in [-0.4, -0.2) is 31.9 Å². The van der Waals surface area contributed by atoms with Crippen LogP contribution < -0.4 is 10.6 Å². The van der Waals surface area contributed by atoms with Gasteiger partial charge in [0.2, 0.25) is 0 Å². The van der Waals surface area contributed by atoms with E-state index in [0.717, 1.165) is 24.0 Å². The molecule has 2 amide bonds. The molecule has 126 valence electrons. The van der Waals surface area contributed by atoms with Gasteiger partial charge in [0.05, 0.1) is 35.1 Å². The number of rotatable bonds is 6. The van der Waals surface area contributed by atoms with Crippen LogP contribution in [0.5, 0.6) is 0 Å². The molecule has 8 heteroatoms. The third-order valence-corrected chi connectivity index (χ3v) is 3.77. The van der Waals surface area contributed by atoms with Gasteiger partial charge in [0, 0.05) is 25.0 Å². The highest BCUT2D eigenvalue weighted by molar-refractivity contribution is 6.30. The number of aromatic nitrogens is 4. The van der Waals surface area contributed by atoms with Gasteiger partial charge in [-0.3, -0.25) is 4.68 Å². The molecule has 0 spiro atoms. The predicted octanol–water partition coefficient (Wildman–Crippen LogP) is 3.12. The molecule has 0 radical (unpaired) electrons. The largest absolute Gasteiger partial charge is 0.336 e. The Morgan fingerprint density at radius 2 is 2.21 bits per heavy atom. The first-order valence-electron chi connectivity index (χ1n) is 7.83. The molecule has 0 bridgehead atoms. The third kappa shape index (κ3) is 3.86. The Kier molecular flexibility index (Phi) is 5.00. The van der Waals surface area contributed by atoms with Gasteiger partial charge in [-0.2, -0.15) is 5.10 Å². The van der Waals surface area contributed by atoms with Gasteiger partial charge >= 0.3 is 6.03 Å². The summed E-state index contributed by atoms with van der Waals surface area (Å²) >= 11 is 5.79. The lowest BCUT2D eigenvalue weighted by Gasteiger charge is -2.08. The summed E-state index contributed by atoms with van der Waals surface area (Å²) in [6, 6.07) is 5.46. The number of hydrogen-bond acceptors (Lipinski definition) is 3. The number of hydrogen-bond donors (Lipinski definition) is 2. The zero-order valence-corrected chi connectivity index (χ0v) is 14.1. The second kappa shape index (κ2) is 7.35. The highest BCUT2D eigenvalue weighted by Crippen LogP contribution is 2.18. The fourth-order valence-corrected chi connectivity index (χ4v) is 2.64. The van der Waals surface area contributed by atoms with Crippen molar-refractivity contribution in [3.8, 4) is 0 Å². The van der Waals surface area contributed by atoms with E-state index in [-0.39, 0.29) is 6.03 Å². The molecule has 3 rings (SSSR count). The molecule has 0 atom stereocenters. The van der Waals surface area contributed by atoms with Crippen molar-refractivity contribution in [1.29, 1.82) is 0 Å². The number of imidazole rings is 1. The Hall–Kier alpha value is -2.54. The van der Waals surface area contributed by atoms with Gasteiger partial charge in [0.1, 0.15) is 0 Å². The average molecular weight is 347 g/mol. The highest BCUT2D eigenvalue weighted by atomic mass is 35.5. The summed E-state index contributed by atoms with van der Waals surface area (Å²) in [4.78, 5) is 16.3. The first kappa shape index (κ1) is 16.3. The van der Waals surface area contributed by atoms with E-state index in [1.165, 1.54) is 0 Å². The topological polar surface area (TPSA) is 76.8 Å². The van der Waals surface area contributed by atoms with E-state index in [1.54, 1.807) is 17.1 Å².